The molecule has 53 heavy (non-hydrogen) atoms. The number of hydrogen-bond donors (Lipinski definition) is 0. The third kappa shape index (κ3) is 21.9. The molecule has 1 aliphatic carbocycles. The third-order valence-corrected chi connectivity index (χ3v) is 6.47. The maximum atomic E-state index is 2.24. The van der Waals surface area contributed by atoms with Crippen LogP contribution in [-0.4, -0.2) is 4.57 Å². The normalized spacial score (nSPS) is 8.15. The first-order chi connectivity index (χ1) is 25.7. The zero-order valence-corrected chi connectivity index (χ0v) is 37.8. The van der Waals surface area contributed by atoms with E-state index in [2.05, 4.69) is 128 Å². The number of fused-ring (bicyclic) bond motifs is 6. The van der Waals surface area contributed by atoms with E-state index in [0.29, 0.717) is 0 Å². The highest BCUT2D eigenvalue weighted by Gasteiger charge is 2.15. The van der Waals surface area contributed by atoms with Crippen LogP contribution in [0.25, 0.3) is 32.9 Å². The van der Waals surface area contributed by atoms with Gasteiger partial charge in [0.15, 0.2) is 0 Å². The van der Waals surface area contributed by atoms with Gasteiger partial charge in [0.25, 0.3) is 0 Å². The molecule has 0 atom stereocenters. The summed E-state index contributed by atoms with van der Waals surface area (Å²) in [5, 5.41) is 2.68. The predicted octanol–water partition coefficient (Wildman–Crippen LogP) is 18.5. The number of nitrogens with zero attached hydrogens (tertiary/aromatic N) is 1. The van der Waals surface area contributed by atoms with Crippen LogP contribution in [0.2, 0.25) is 0 Å². The highest BCUT2D eigenvalue weighted by atomic mass is 14.9. The first kappa shape index (κ1) is 61.0. The quantitative estimate of drug-likeness (QED) is 0.147. The molecule has 0 fully saturated rings. The summed E-state index contributed by atoms with van der Waals surface area (Å²) in [5.41, 5.74) is 9.67. The minimum Gasteiger partial charge on any atom is -0.344 e. The Morgan fingerprint density at radius 2 is 0.604 bits per heavy atom. The first-order valence-corrected chi connectivity index (χ1v) is 20.8. The largest absolute Gasteiger partial charge is 0.344 e. The van der Waals surface area contributed by atoms with E-state index in [1.807, 2.05) is 143 Å². The molecule has 0 N–H and O–H groups in total. The van der Waals surface area contributed by atoms with Gasteiger partial charge in [0.05, 0.1) is 0 Å². The Bertz CT molecular complexity index is 1440. The lowest BCUT2D eigenvalue weighted by molar-refractivity contribution is 1.01. The molecule has 0 bridgehead atoms. The van der Waals surface area contributed by atoms with Crippen LogP contribution in [0.4, 0.5) is 0 Å². The molecule has 6 aromatic rings. The fraction of sp³-hybridized carbons (Fsp3) is 0.423. The fourth-order valence-electron chi connectivity index (χ4n) is 4.73. The van der Waals surface area contributed by atoms with Crippen molar-refractivity contribution in [3.63, 3.8) is 0 Å². The summed E-state index contributed by atoms with van der Waals surface area (Å²) >= 11 is 0. The number of rotatable bonds is 0. The Hall–Kier alpha value is -4.10. The topological polar surface area (TPSA) is 4.93 Å². The summed E-state index contributed by atoms with van der Waals surface area (Å²) in [7, 11) is 2.12. The van der Waals surface area contributed by atoms with Crippen LogP contribution in [-0.2, 0) is 13.5 Å². The molecular weight excluding hydrogens is 639 g/mol. The van der Waals surface area contributed by atoms with Crippen molar-refractivity contribution < 1.29 is 0 Å². The van der Waals surface area contributed by atoms with Crippen LogP contribution in [0.1, 0.15) is 149 Å². The van der Waals surface area contributed by atoms with Gasteiger partial charge in [-0.25, -0.2) is 0 Å². The van der Waals surface area contributed by atoms with Gasteiger partial charge in [-0.1, -0.05) is 253 Å². The highest BCUT2D eigenvalue weighted by Crippen LogP contribution is 2.35. The first-order valence-electron chi connectivity index (χ1n) is 20.8. The summed E-state index contributed by atoms with van der Waals surface area (Å²) in [6, 6.07) is 44.6. The van der Waals surface area contributed by atoms with E-state index in [-0.39, 0.29) is 7.43 Å². The van der Waals surface area contributed by atoms with Gasteiger partial charge in [-0.3, -0.25) is 0 Å². The van der Waals surface area contributed by atoms with Gasteiger partial charge in [-0.05, 0) is 47.7 Å². The summed E-state index contributed by atoms with van der Waals surface area (Å²) < 4.78 is 2.24. The molecule has 300 valence electrons. The minimum atomic E-state index is 0. The summed E-state index contributed by atoms with van der Waals surface area (Å²) in [6.07, 6.45) is 1.10. The summed E-state index contributed by atoms with van der Waals surface area (Å²) in [6.45, 7) is 38.1. The smallest absolute Gasteiger partial charge is 0.0488 e. The fourth-order valence-corrected chi connectivity index (χ4v) is 4.73. The van der Waals surface area contributed by atoms with Gasteiger partial charge >= 0.3 is 0 Å². The standard InChI is InChI=1S/C13H11N.C13H10.C7H8.9C2H6.CH4/c1-14-12-8-4-2-6-10(12)11-7-3-5-9-13(11)14;1-3-7-12-10(5-1)9-11-6-2-4-8-13(11)12;1-7-5-3-2-4-6-7;9*1-2;/h2-9H,1H3;1-8H,9H2;2-6H,1H3;9*1-2H3;1H4. The molecule has 0 saturated heterocycles. The maximum absolute atomic E-state index is 2.24. The third-order valence-electron chi connectivity index (χ3n) is 6.47. The molecule has 1 nitrogen and oxygen atoms in total. The molecule has 0 saturated carbocycles. The van der Waals surface area contributed by atoms with Crippen molar-refractivity contribution in [1.29, 1.82) is 0 Å². The average Bonchev–Trinajstić information content (AvgIpc) is 3.80. The van der Waals surface area contributed by atoms with Crippen LogP contribution >= 0.6 is 0 Å². The van der Waals surface area contributed by atoms with Gasteiger partial charge in [0, 0.05) is 28.9 Å². The van der Waals surface area contributed by atoms with Crippen LogP contribution in [0.15, 0.2) is 127 Å². The van der Waals surface area contributed by atoms with Gasteiger partial charge in [0.1, 0.15) is 0 Å². The lowest BCUT2D eigenvalue weighted by Crippen LogP contribution is -1.84. The number of para-hydroxylation sites is 2. The van der Waals surface area contributed by atoms with Crippen LogP contribution < -0.4 is 0 Å². The van der Waals surface area contributed by atoms with Crippen molar-refractivity contribution in [2.45, 2.75) is 145 Å². The van der Waals surface area contributed by atoms with Crippen LogP contribution in [0.3, 0.4) is 0 Å². The van der Waals surface area contributed by atoms with Crippen molar-refractivity contribution in [2.24, 2.45) is 7.05 Å². The van der Waals surface area contributed by atoms with Crippen molar-refractivity contribution in [1.82, 2.24) is 4.57 Å². The van der Waals surface area contributed by atoms with E-state index < -0.39 is 0 Å². The Labute approximate surface area is 332 Å². The van der Waals surface area contributed by atoms with E-state index in [9.17, 15) is 0 Å². The molecule has 1 aliphatic rings. The van der Waals surface area contributed by atoms with E-state index in [4.69, 9.17) is 0 Å². The second-order valence-corrected chi connectivity index (χ2v) is 8.74. The molecule has 1 heteroatoms. The van der Waals surface area contributed by atoms with Crippen LogP contribution in [0.5, 0.6) is 0 Å². The van der Waals surface area contributed by atoms with E-state index in [1.54, 1.807) is 0 Å². The minimum absolute atomic E-state index is 0. The summed E-state index contributed by atoms with van der Waals surface area (Å²) in [5.74, 6) is 0. The molecule has 1 aromatic heterocycles. The number of benzene rings is 5. The van der Waals surface area contributed by atoms with Crippen LogP contribution in [0, 0.1) is 6.92 Å². The van der Waals surface area contributed by atoms with Gasteiger partial charge in [-0.2, -0.15) is 0 Å². The van der Waals surface area contributed by atoms with Gasteiger partial charge in [-0.15, -0.1) is 0 Å². The average molecular weight is 726 g/mol. The Balaban J connectivity index is -0.000000131. The van der Waals surface area contributed by atoms with E-state index >= 15 is 0 Å². The zero-order chi connectivity index (χ0) is 41.3. The molecule has 7 rings (SSSR count). The Morgan fingerprint density at radius 3 is 0.906 bits per heavy atom. The molecule has 0 aliphatic heterocycles. The molecule has 0 spiro atoms. The zero-order valence-electron chi connectivity index (χ0n) is 37.8. The Kier molecular flexibility index (Phi) is 52.8. The number of aromatic nitrogens is 1. The Morgan fingerprint density at radius 1 is 0.340 bits per heavy atom. The lowest BCUT2D eigenvalue weighted by atomic mass is 10.1. The van der Waals surface area contributed by atoms with Crippen molar-refractivity contribution in [2.75, 3.05) is 0 Å². The number of aryl methyl sites for hydroxylation is 2. The van der Waals surface area contributed by atoms with Crippen molar-refractivity contribution in [3.8, 4) is 11.1 Å². The molecule has 0 unspecified atom stereocenters. The number of hydrogen-bond acceptors (Lipinski definition) is 0. The second-order valence-electron chi connectivity index (χ2n) is 8.74. The monoisotopic (exact) mass is 726 g/mol. The lowest BCUT2D eigenvalue weighted by Gasteiger charge is -1.98. The molecule has 5 aromatic carbocycles. The maximum Gasteiger partial charge on any atom is 0.0488 e. The second kappa shape index (κ2) is 45.9. The van der Waals surface area contributed by atoms with Gasteiger partial charge < -0.3 is 4.57 Å². The highest BCUT2D eigenvalue weighted by molar-refractivity contribution is 6.07. The summed E-state index contributed by atoms with van der Waals surface area (Å²) in [4.78, 5) is 0. The van der Waals surface area contributed by atoms with Gasteiger partial charge in [0.2, 0.25) is 0 Å². The molecular formula is C52H87N. The van der Waals surface area contributed by atoms with E-state index in [0.717, 1.165) is 6.42 Å². The van der Waals surface area contributed by atoms with Crippen molar-refractivity contribution in [3.05, 3.63) is 144 Å². The molecule has 0 radical (unpaired) electrons. The SMILES string of the molecule is C.CC.CC.CC.CC.CC.CC.CC.CC.CC.Cc1ccccc1.Cn1c2ccccc2c2ccccc21.c1ccc2c(c1)Cc1ccccc1-2. The van der Waals surface area contributed by atoms with E-state index in [1.165, 1.54) is 49.6 Å². The molecule has 1 heterocycles. The van der Waals surface area contributed by atoms with Crippen molar-refractivity contribution >= 4 is 21.8 Å². The predicted molar refractivity (Wildman–Crippen MR) is 255 cm³/mol. The molecule has 0 amide bonds.